The third-order valence-corrected chi connectivity index (χ3v) is 7.59. The van der Waals surface area contributed by atoms with Gasteiger partial charge in [0.2, 0.25) is 0 Å². The molecular weight excluding hydrogens is 452 g/mol. The molecule has 7 rings (SSSR count). The van der Waals surface area contributed by atoms with E-state index in [0.29, 0.717) is 24.7 Å². The summed E-state index contributed by atoms with van der Waals surface area (Å²) in [5.41, 5.74) is 1.82. The Labute approximate surface area is 210 Å². The van der Waals surface area contributed by atoms with Crippen LogP contribution in [-0.4, -0.2) is 29.6 Å². The predicted octanol–water partition coefficient (Wildman–Crippen LogP) is 5.35. The minimum atomic E-state index is -0.262. The number of amides is 2. The lowest BCUT2D eigenvalue weighted by molar-refractivity contribution is -0.140. The third kappa shape index (κ3) is 3.87. The Morgan fingerprint density at radius 2 is 1.61 bits per heavy atom. The van der Waals surface area contributed by atoms with E-state index in [1.165, 1.54) is 5.39 Å². The second-order valence-electron chi connectivity index (χ2n) is 9.64. The standard InChI is InChI=1S/C30H28N2O4/c1-2-35-26-16-19(10-15-25(26)36-18-23-8-5-7-20-6-3-4-9-24(20)23)17-31-32-29(33)27-21-11-12-22(14-13-21)28(27)30(32)34/h3-12,15-17,21-22,27-28H,2,13-14,18H2,1H3/b31-17-/t21-,22-,27-,28-/m0/s1. The van der Waals surface area contributed by atoms with Crippen molar-refractivity contribution in [2.24, 2.45) is 28.8 Å². The lowest BCUT2D eigenvalue weighted by Gasteiger charge is -2.37. The predicted molar refractivity (Wildman–Crippen MR) is 138 cm³/mol. The maximum atomic E-state index is 13.0. The lowest BCUT2D eigenvalue weighted by Crippen LogP contribution is -2.38. The first-order chi connectivity index (χ1) is 17.6. The van der Waals surface area contributed by atoms with Gasteiger partial charge < -0.3 is 9.47 Å². The SMILES string of the molecule is CCOc1cc(/C=N\N2C(=O)[C@@H]3[C@@H](C2=O)[C@H]2C=C[C@H]3CC2)ccc1OCc1cccc2ccccc12. The highest BCUT2D eigenvalue weighted by atomic mass is 16.5. The van der Waals surface area contributed by atoms with Crippen molar-refractivity contribution in [2.45, 2.75) is 26.4 Å². The zero-order valence-corrected chi connectivity index (χ0v) is 20.2. The minimum Gasteiger partial charge on any atom is -0.490 e. The molecule has 1 aliphatic heterocycles. The van der Waals surface area contributed by atoms with E-state index in [2.05, 4.69) is 41.5 Å². The molecule has 0 radical (unpaired) electrons. The van der Waals surface area contributed by atoms with Crippen molar-refractivity contribution in [1.29, 1.82) is 0 Å². The molecule has 0 aromatic heterocycles. The summed E-state index contributed by atoms with van der Waals surface area (Å²) < 4.78 is 12.0. The molecule has 1 heterocycles. The van der Waals surface area contributed by atoms with Crippen molar-refractivity contribution < 1.29 is 19.1 Å². The van der Waals surface area contributed by atoms with Crippen molar-refractivity contribution in [1.82, 2.24) is 5.01 Å². The number of carbonyl (C=O) groups is 2. The van der Waals surface area contributed by atoms with Crippen LogP contribution in [0.3, 0.4) is 0 Å². The van der Waals surface area contributed by atoms with Gasteiger partial charge in [-0.1, -0.05) is 54.6 Å². The highest BCUT2D eigenvalue weighted by Gasteiger charge is 2.56. The first kappa shape index (κ1) is 22.5. The fraction of sp³-hybridized carbons (Fsp3) is 0.300. The first-order valence-corrected chi connectivity index (χ1v) is 12.6. The first-order valence-electron chi connectivity index (χ1n) is 12.6. The number of carbonyl (C=O) groups excluding carboxylic acids is 2. The van der Waals surface area contributed by atoms with Gasteiger partial charge in [0, 0.05) is 0 Å². The van der Waals surface area contributed by atoms with E-state index in [1.807, 2.05) is 43.3 Å². The van der Waals surface area contributed by atoms with Gasteiger partial charge in [-0.2, -0.15) is 10.1 Å². The molecule has 2 bridgehead atoms. The Morgan fingerprint density at radius 3 is 2.33 bits per heavy atom. The van der Waals surface area contributed by atoms with E-state index in [-0.39, 0.29) is 35.5 Å². The molecule has 3 aliphatic carbocycles. The van der Waals surface area contributed by atoms with Gasteiger partial charge in [-0.15, -0.1) is 0 Å². The molecule has 6 heteroatoms. The molecule has 0 spiro atoms. The molecule has 0 N–H and O–H groups in total. The smallest absolute Gasteiger partial charge is 0.254 e. The molecule has 182 valence electrons. The highest BCUT2D eigenvalue weighted by molar-refractivity contribution is 6.06. The highest BCUT2D eigenvalue weighted by Crippen LogP contribution is 2.49. The fourth-order valence-corrected chi connectivity index (χ4v) is 5.86. The monoisotopic (exact) mass is 480 g/mol. The van der Waals surface area contributed by atoms with Crippen LogP contribution in [0.4, 0.5) is 0 Å². The zero-order chi connectivity index (χ0) is 24.6. The second-order valence-corrected chi connectivity index (χ2v) is 9.64. The summed E-state index contributed by atoms with van der Waals surface area (Å²) in [6, 6.07) is 19.9. The van der Waals surface area contributed by atoms with Gasteiger partial charge in [0.1, 0.15) is 6.61 Å². The van der Waals surface area contributed by atoms with Crippen LogP contribution in [-0.2, 0) is 16.2 Å². The number of hydrazone groups is 1. The molecule has 6 nitrogen and oxygen atoms in total. The molecule has 36 heavy (non-hydrogen) atoms. The van der Waals surface area contributed by atoms with Crippen LogP contribution in [0.1, 0.15) is 30.9 Å². The Hall–Kier alpha value is -3.93. The van der Waals surface area contributed by atoms with Crippen molar-refractivity contribution in [3.05, 3.63) is 83.9 Å². The van der Waals surface area contributed by atoms with Crippen LogP contribution in [0.5, 0.6) is 11.5 Å². The van der Waals surface area contributed by atoms with E-state index >= 15 is 0 Å². The van der Waals surface area contributed by atoms with Crippen LogP contribution in [0, 0.1) is 23.7 Å². The molecule has 2 fully saturated rings. The molecule has 4 aliphatic rings. The number of fused-ring (bicyclic) bond motifs is 2. The Morgan fingerprint density at radius 1 is 0.889 bits per heavy atom. The van der Waals surface area contributed by atoms with Gasteiger partial charge in [0.15, 0.2) is 11.5 Å². The van der Waals surface area contributed by atoms with Crippen LogP contribution in [0.15, 0.2) is 77.9 Å². The van der Waals surface area contributed by atoms with Gasteiger partial charge in [0.05, 0.1) is 24.7 Å². The Balaban J connectivity index is 1.20. The number of nitrogens with zero attached hydrogens (tertiary/aromatic N) is 2. The molecule has 1 saturated carbocycles. The normalized spacial score (nSPS) is 24.6. The summed E-state index contributed by atoms with van der Waals surface area (Å²) >= 11 is 0. The van der Waals surface area contributed by atoms with E-state index in [0.717, 1.165) is 34.4 Å². The number of hydrogen-bond donors (Lipinski definition) is 0. The minimum absolute atomic E-state index is 0.152. The van der Waals surface area contributed by atoms with Crippen LogP contribution in [0.25, 0.3) is 10.8 Å². The summed E-state index contributed by atoms with van der Waals surface area (Å²) in [7, 11) is 0. The number of hydrogen-bond acceptors (Lipinski definition) is 5. The number of rotatable bonds is 7. The van der Waals surface area contributed by atoms with Gasteiger partial charge in [-0.3, -0.25) is 9.59 Å². The van der Waals surface area contributed by atoms with E-state index in [1.54, 1.807) is 6.21 Å². The van der Waals surface area contributed by atoms with Crippen molar-refractivity contribution in [3.63, 3.8) is 0 Å². The van der Waals surface area contributed by atoms with Crippen LogP contribution < -0.4 is 9.47 Å². The number of ether oxygens (including phenoxy) is 2. The molecule has 2 amide bonds. The average molecular weight is 481 g/mol. The largest absolute Gasteiger partial charge is 0.490 e. The summed E-state index contributed by atoms with van der Waals surface area (Å²) in [6.45, 7) is 2.80. The molecule has 3 aromatic rings. The summed E-state index contributed by atoms with van der Waals surface area (Å²) in [6.07, 6.45) is 7.71. The van der Waals surface area contributed by atoms with Crippen molar-refractivity contribution in [3.8, 4) is 11.5 Å². The summed E-state index contributed by atoms with van der Waals surface area (Å²) in [4.78, 5) is 26.0. The number of benzene rings is 3. The summed E-state index contributed by atoms with van der Waals surface area (Å²) in [5, 5.41) is 7.73. The maximum Gasteiger partial charge on any atom is 0.254 e. The quantitative estimate of drug-likeness (QED) is 0.260. The Kier molecular flexibility index (Phi) is 5.80. The lowest BCUT2D eigenvalue weighted by atomic mass is 9.63. The molecule has 4 atom stereocenters. The van der Waals surface area contributed by atoms with Crippen molar-refractivity contribution in [2.75, 3.05) is 6.61 Å². The van der Waals surface area contributed by atoms with Gasteiger partial charge in [0.25, 0.3) is 11.8 Å². The maximum absolute atomic E-state index is 13.0. The van der Waals surface area contributed by atoms with Crippen molar-refractivity contribution >= 4 is 28.8 Å². The molecular formula is C30H28N2O4. The molecule has 0 unspecified atom stereocenters. The Bertz CT molecular complexity index is 1360. The fourth-order valence-electron chi connectivity index (χ4n) is 5.86. The topological polar surface area (TPSA) is 68.2 Å². The molecule has 3 aromatic carbocycles. The number of imide groups is 1. The molecule has 1 saturated heterocycles. The zero-order valence-electron chi connectivity index (χ0n) is 20.2. The third-order valence-electron chi connectivity index (χ3n) is 7.59. The summed E-state index contributed by atoms with van der Waals surface area (Å²) in [5.74, 6) is 0.643. The number of allylic oxidation sites excluding steroid dienone is 2. The second kappa shape index (κ2) is 9.26. The van der Waals surface area contributed by atoms with E-state index in [9.17, 15) is 9.59 Å². The average Bonchev–Trinajstić information content (AvgIpc) is 3.19. The van der Waals surface area contributed by atoms with E-state index in [4.69, 9.17) is 9.47 Å². The van der Waals surface area contributed by atoms with Gasteiger partial charge >= 0.3 is 0 Å². The van der Waals surface area contributed by atoms with Crippen LogP contribution >= 0.6 is 0 Å². The van der Waals surface area contributed by atoms with Gasteiger partial charge in [-0.25, -0.2) is 0 Å². The van der Waals surface area contributed by atoms with E-state index < -0.39 is 0 Å². The van der Waals surface area contributed by atoms with Gasteiger partial charge in [-0.05, 0) is 71.7 Å². The van der Waals surface area contributed by atoms with Crippen LogP contribution in [0.2, 0.25) is 0 Å².